The summed E-state index contributed by atoms with van der Waals surface area (Å²) in [6.45, 7) is 1.80. The topological polar surface area (TPSA) is 139 Å². The van der Waals surface area contributed by atoms with Crippen molar-refractivity contribution in [1.29, 1.82) is 5.26 Å². The third kappa shape index (κ3) is 5.28. The van der Waals surface area contributed by atoms with Crippen molar-refractivity contribution in [1.82, 2.24) is 5.32 Å². The summed E-state index contributed by atoms with van der Waals surface area (Å²) in [6, 6.07) is 14.1. The van der Waals surface area contributed by atoms with Gasteiger partial charge >= 0.3 is 12.1 Å². The summed E-state index contributed by atoms with van der Waals surface area (Å²) < 4.78 is 16.9. The second-order valence-corrected chi connectivity index (χ2v) is 7.70. The van der Waals surface area contributed by atoms with Gasteiger partial charge in [0, 0.05) is 16.9 Å². The number of carbonyl (C=O) groups excluding carboxylic acids is 3. The van der Waals surface area contributed by atoms with Gasteiger partial charge in [-0.2, -0.15) is 5.26 Å². The summed E-state index contributed by atoms with van der Waals surface area (Å²) in [7, 11) is 0. The van der Waals surface area contributed by atoms with Gasteiger partial charge in [0.2, 0.25) is 0 Å². The van der Waals surface area contributed by atoms with Gasteiger partial charge in [-0.1, -0.05) is 6.07 Å². The smallest absolute Gasteiger partial charge is 0.412 e. The molecule has 2 aromatic rings. The number of hydrogen-bond acceptors (Lipinski definition) is 7. The second kappa shape index (κ2) is 9.68. The number of Topliss-reactive ketones (excluding diaryl/α,β-unsaturated/α-hetero) is 1. The van der Waals surface area contributed by atoms with Gasteiger partial charge in [0.1, 0.15) is 12.2 Å². The van der Waals surface area contributed by atoms with Gasteiger partial charge in [-0.15, -0.1) is 0 Å². The number of rotatable bonds is 5. The monoisotopic (exact) mass is 450 g/mol. The number of fused-ring (bicyclic) bond motifs is 1. The Morgan fingerprint density at radius 1 is 1.00 bits per heavy atom. The maximum Gasteiger partial charge on any atom is 0.412 e. The number of nitrogens with one attached hydrogen (secondary N) is 3. The molecule has 10 nitrogen and oxygen atoms in total. The SMILES string of the molecule is CC(=O)c1ccc(NC(=O)OC2COC3C(NC(=O)Nc4cccc(C#N)c4)COC23)cc1. The zero-order valence-corrected chi connectivity index (χ0v) is 17.7. The molecule has 0 aromatic heterocycles. The summed E-state index contributed by atoms with van der Waals surface area (Å²) in [4.78, 5) is 36.0. The van der Waals surface area contributed by atoms with Crippen LogP contribution in [0.15, 0.2) is 48.5 Å². The number of amides is 3. The highest BCUT2D eigenvalue weighted by atomic mass is 16.6. The minimum Gasteiger partial charge on any atom is -0.441 e. The molecule has 2 aliphatic heterocycles. The van der Waals surface area contributed by atoms with Crippen molar-refractivity contribution in [2.24, 2.45) is 0 Å². The molecule has 0 spiro atoms. The third-order valence-electron chi connectivity index (χ3n) is 5.37. The molecule has 33 heavy (non-hydrogen) atoms. The van der Waals surface area contributed by atoms with Gasteiger partial charge in [0.25, 0.3) is 0 Å². The van der Waals surface area contributed by atoms with Crippen LogP contribution in [0.1, 0.15) is 22.8 Å². The molecular weight excluding hydrogens is 428 g/mol. The van der Waals surface area contributed by atoms with Crippen molar-refractivity contribution < 1.29 is 28.6 Å². The minimum atomic E-state index is -0.671. The zero-order chi connectivity index (χ0) is 23.4. The summed E-state index contributed by atoms with van der Waals surface area (Å²) in [6.07, 6.45) is -2.28. The predicted octanol–water partition coefficient (Wildman–Crippen LogP) is 2.67. The Hall–Kier alpha value is -3.94. The van der Waals surface area contributed by atoms with Crippen molar-refractivity contribution in [2.75, 3.05) is 23.8 Å². The third-order valence-corrected chi connectivity index (χ3v) is 5.37. The molecule has 3 N–H and O–H groups in total. The van der Waals surface area contributed by atoms with Crippen LogP contribution in [0.4, 0.5) is 21.0 Å². The summed E-state index contributed by atoms with van der Waals surface area (Å²) in [5.74, 6) is -0.0656. The second-order valence-electron chi connectivity index (χ2n) is 7.70. The lowest BCUT2D eigenvalue weighted by Crippen LogP contribution is -2.46. The van der Waals surface area contributed by atoms with Gasteiger partial charge in [-0.3, -0.25) is 10.1 Å². The molecule has 0 aliphatic carbocycles. The van der Waals surface area contributed by atoms with E-state index in [0.717, 1.165) is 0 Å². The molecule has 2 aliphatic rings. The molecule has 3 amide bonds. The van der Waals surface area contributed by atoms with Crippen molar-refractivity contribution in [2.45, 2.75) is 31.3 Å². The molecule has 2 fully saturated rings. The van der Waals surface area contributed by atoms with Gasteiger partial charge in [-0.25, -0.2) is 9.59 Å². The number of benzene rings is 2. The van der Waals surface area contributed by atoms with Crippen LogP contribution < -0.4 is 16.0 Å². The first-order valence-corrected chi connectivity index (χ1v) is 10.3. The van der Waals surface area contributed by atoms with Crippen molar-refractivity contribution in [3.05, 3.63) is 59.7 Å². The van der Waals surface area contributed by atoms with Gasteiger partial charge in [-0.05, 0) is 49.4 Å². The first-order valence-electron chi connectivity index (χ1n) is 10.3. The first kappa shape index (κ1) is 22.3. The molecule has 4 atom stereocenters. The molecule has 4 rings (SSSR count). The lowest BCUT2D eigenvalue weighted by molar-refractivity contribution is 0.00873. The van der Waals surface area contributed by atoms with Crippen LogP contribution in [-0.4, -0.2) is 55.5 Å². The molecule has 4 unspecified atom stereocenters. The summed E-state index contributed by atoms with van der Waals surface area (Å²) in [5, 5.41) is 17.0. The van der Waals surface area contributed by atoms with E-state index >= 15 is 0 Å². The number of urea groups is 1. The Bertz CT molecular complexity index is 1100. The molecule has 2 heterocycles. The average Bonchev–Trinajstić information content (AvgIpc) is 3.37. The van der Waals surface area contributed by atoms with Gasteiger partial charge in [0.15, 0.2) is 11.9 Å². The van der Waals surface area contributed by atoms with E-state index < -0.39 is 36.5 Å². The maximum atomic E-state index is 12.4. The van der Waals surface area contributed by atoms with Crippen LogP contribution in [0.3, 0.4) is 0 Å². The van der Waals surface area contributed by atoms with E-state index in [4.69, 9.17) is 19.5 Å². The Balaban J connectivity index is 1.27. The average molecular weight is 450 g/mol. The van der Waals surface area contributed by atoms with E-state index in [1.165, 1.54) is 6.92 Å². The Morgan fingerprint density at radius 3 is 2.48 bits per heavy atom. The maximum absolute atomic E-state index is 12.4. The van der Waals surface area contributed by atoms with Crippen LogP contribution in [0.5, 0.6) is 0 Å². The van der Waals surface area contributed by atoms with E-state index in [2.05, 4.69) is 16.0 Å². The Labute approximate surface area is 189 Å². The molecule has 170 valence electrons. The molecule has 0 bridgehead atoms. The lowest BCUT2D eigenvalue weighted by Gasteiger charge is -2.18. The van der Waals surface area contributed by atoms with E-state index in [9.17, 15) is 14.4 Å². The number of carbonyl (C=O) groups is 3. The van der Waals surface area contributed by atoms with Crippen LogP contribution in [0.2, 0.25) is 0 Å². The van der Waals surface area contributed by atoms with E-state index in [0.29, 0.717) is 22.5 Å². The lowest BCUT2D eigenvalue weighted by atomic mass is 10.1. The molecular formula is C23H22N4O6. The Morgan fingerprint density at radius 2 is 1.76 bits per heavy atom. The number of hydrogen-bond donors (Lipinski definition) is 3. The first-order chi connectivity index (χ1) is 15.9. The molecule has 0 radical (unpaired) electrons. The number of ketones is 1. The van der Waals surface area contributed by atoms with Crippen molar-refractivity contribution >= 4 is 29.3 Å². The highest BCUT2D eigenvalue weighted by Crippen LogP contribution is 2.29. The van der Waals surface area contributed by atoms with Gasteiger partial charge < -0.3 is 24.8 Å². The summed E-state index contributed by atoms with van der Waals surface area (Å²) in [5.41, 5.74) is 1.96. The summed E-state index contributed by atoms with van der Waals surface area (Å²) >= 11 is 0. The fraction of sp³-hybridized carbons (Fsp3) is 0.304. The highest BCUT2D eigenvalue weighted by molar-refractivity contribution is 5.95. The molecule has 0 saturated carbocycles. The van der Waals surface area contributed by atoms with Crippen LogP contribution in [-0.2, 0) is 14.2 Å². The molecule has 2 aromatic carbocycles. The van der Waals surface area contributed by atoms with Gasteiger partial charge in [0.05, 0.1) is 30.9 Å². The predicted molar refractivity (Wildman–Crippen MR) is 117 cm³/mol. The van der Waals surface area contributed by atoms with E-state index in [1.54, 1.807) is 48.5 Å². The highest BCUT2D eigenvalue weighted by Gasteiger charge is 2.50. The normalized spacial score (nSPS) is 23.2. The van der Waals surface area contributed by atoms with E-state index in [1.807, 2.05) is 6.07 Å². The van der Waals surface area contributed by atoms with E-state index in [-0.39, 0.29) is 19.0 Å². The van der Waals surface area contributed by atoms with Crippen LogP contribution in [0.25, 0.3) is 0 Å². The Kier molecular flexibility index (Phi) is 6.53. The number of nitrogens with zero attached hydrogens (tertiary/aromatic N) is 1. The zero-order valence-electron chi connectivity index (χ0n) is 17.7. The number of ether oxygens (including phenoxy) is 3. The molecule has 2 saturated heterocycles. The standard InChI is InChI=1S/C23H22N4O6/c1-13(28)15-5-7-16(8-6-15)26-23(30)33-19-12-32-20-18(11-31-21(19)20)27-22(29)25-17-4-2-3-14(9-17)10-24/h2-9,18-21H,11-12H2,1H3,(H,26,30)(H2,25,27,29). The number of nitriles is 1. The van der Waals surface area contributed by atoms with Crippen molar-refractivity contribution in [3.8, 4) is 6.07 Å². The fourth-order valence-corrected chi connectivity index (χ4v) is 3.76. The molecule has 10 heteroatoms. The number of anilines is 2. The fourth-order valence-electron chi connectivity index (χ4n) is 3.76. The quantitative estimate of drug-likeness (QED) is 0.595. The van der Waals surface area contributed by atoms with Crippen LogP contribution >= 0.6 is 0 Å². The van der Waals surface area contributed by atoms with Crippen molar-refractivity contribution in [3.63, 3.8) is 0 Å². The minimum absolute atomic E-state index is 0.0656. The largest absolute Gasteiger partial charge is 0.441 e. The van der Waals surface area contributed by atoms with Crippen LogP contribution in [0, 0.1) is 11.3 Å².